The Labute approximate surface area is 66.7 Å². The third kappa shape index (κ3) is 5.51. The van der Waals surface area contributed by atoms with Crippen LogP contribution in [0.2, 0.25) is 0 Å². The van der Waals surface area contributed by atoms with E-state index in [1.54, 1.807) is 6.20 Å². The summed E-state index contributed by atoms with van der Waals surface area (Å²) >= 11 is 0. The van der Waals surface area contributed by atoms with Gasteiger partial charge >= 0.3 is 0 Å². The summed E-state index contributed by atoms with van der Waals surface area (Å²) in [7, 11) is 0. The highest BCUT2D eigenvalue weighted by Crippen LogP contribution is 1.97. The molecule has 0 aromatic heterocycles. The molecule has 0 amide bonds. The molecule has 3 heteroatoms. The van der Waals surface area contributed by atoms with E-state index in [4.69, 9.17) is 9.84 Å². The van der Waals surface area contributed by atoms with Gasteiger partial charge in [-0.1, -0.05) is 12.2 Å². The highest BCUT2D eigenvalue weighted by molar-refractivity contribution is 5.29. The van der Waals surface area contributed by atoms with E-state index in [0.29, 0.717) is 6.61 Å². The molecule has 0 radical (unpaired) electrons. The van der Waals surface area contributed by atoms with Crippen LogP contribution in [-0.4, -0.2) is 25.2 Å². The summed E-state index contributed by atoms with van der Waals surface area (Å²) < 4.78 is 4.75. The predicted molar refractivity (Wildman–Crippen MR) is 45.5 cm³/mol. The minimum atomic E-state index is -0.272. The summed E-state index contributed by atoms with van der Waals surface area (Å²) in [5, 5.41) is 8.33. The lowest BCUT2D eigenvalue weighted by Crippen LogP contribution is -1.96. The minimum absolute atomic E-state index is 0.272. The van der Waals surface area contributed by atoms with Gasteiger partial charge in [-0.25, -0.2) is 0 Å². The Hall–Kier alpha value is -0.930. The number of hydrogen-bond acceptors (Lipinski definition) is 3. The number of aliphatic hydroxyl groups is 1. The van der Waals surface area contributed by atoms with Crippen molar-refractivity contribution in [3.05, 3.63) is 23.9 Å². The van der Waals surface area contributed by atoms with Gasteiger partial charge in [0.1, 0.15) is 6.79 Å². The molecule has 0 aliphatic heterocycles. The first-order valence-corrected chi connectivity index (χ1v) is 3.31. The summed E-state index contributed by atoms with van der Waals surface area (Å²) in [6.45, 7) is 5.30. The number of nitrogens with zero attached hydrogens (tertiary/aromatic N) is 1. The van der Waals surface area contributed by atoms with Crippen molar-refractivity contribution in [1.82, 2.24) is 0 Å². The van der Waals surface area contributed by atoms with Crippen molar-refractivity contribution in [3.8, 4) is 0 Å². The molecule has 0 saturated heterocycles. The van der Waals surface area contributed by atoms with Crippen molar-refractivity contribution in [3.63, 3.8) is 0 Å². The molecule has 0 rings (SSSR count). The van der Waals surface area contributed by atoms with Crippen molar-refractivity contribution in [2.75, 3.05) is 13.4 Å². The van der Waals surface area contributed by atoms with Crippen LogP contribution in [0.25, 0.3) is 0 Å². The standard InChI is InChI=1S/C8H13NO2/c1-3-4-8(5-9-2)6-11-7-10/h3-5,10H,2,6-7H2,1H3/b4-3-,8-5+. The van der Waals surface area contributed by atoms with Gasteiger partial charge in [-0.05, 0) is 19.2 Å². The Morgan fingerprint density at radius 1 is 1.73 bits per heavy atom. The first-order valence-electron chi connectivity index (χ1n) is 3.31. The van der Waals surface area contributed by atoms with Gasteiger partial charge in [-0.15, -0.1) is 0 Å². The maximum Gasteiger partial charge on any atom is 0.144 e. The van der Waals surface area contributed by atoms with Gasteiger partial charge in [-0.3, -0.25) is 4.99 Å². The van der Waals surface area contributed by atoms with E-state index in [9.17, 15) is 0 Å². The number of ether oxygens (including phenoxy) is 1. The van der Waals surface area contributed by atoms with Crippen molar-refractivity contribution < 1.29 is 9.84 Å². The summed E-state index contributed by atoms with van der Waals surface area (Å²) in [6.07, 6.45) is 5.32. The Morgan fingerprint density at radius 3 is 2.91 bits per heavy atom. The summed E-state index contributed by atoms with van der Waals surface area (Å²) in [5.41, 5.74) is 0.886. The van der Waals surface area contributed by atoms with Crippen LogP contribution in [0.5, 0.6) is 0 Å². The van der Waals surface area contributed by atoms with Crippen molar-refractivity contribution in [2.45, 2.75) is 6.92 Å². The van der Waals surface area contributed by atoms with Crippen LogP contribution in [0, 0.1) is 0 Å². The van der Waals surface area contributed by atoms with E-state index in [0.717, 1.165) is 5.57 Å². The number of hydrogen-bond donors (Lipinski definition) is 1. The summed E-state index contributed by atoms with van der Waals surface area (Å²) in [4.78, 5) is 3.58. The molecule has 0 aliphatic carbocycles. The quantitative estimate of drug-likeness (QED) is 0.367. The maximum atomic E-state index is 8.33. The Bertz CT molecular complexity index is 161. The van der Waals surface area contributed by atoms with Crippen molar-refractivity contribution in [1.29, 1.82) is 0 Å². The SMILES string of the molecule is C=N/C=C(\C=C/C)COCO. The van der Waals surface area contributed by atoms with E-state index in [2.05, 4.69) is 11.7 Å². The molecule has 0 fully saturated rings. The van der Waals surface area contributed by atoms with Crippen LogP contribution < -0.4 is 0 Å². The normalized spacial score (nSPS) is 12.4. The van der Waals surface area contributed by atoms with Gasteiger partial charge in [0.15, 0.2) is 0 Å². The lowest BCUT2D eigenvalue weighted by molar-refractivity contribution is 0.0109. The molecule has 0 aromatic carbocycles. The average Bonchev–Trinajstić information content (AvgIpc) is 2.01. The van der Waals surface area contributed by atoms with Crippen LogP contribution in [0.1, 0.15) is 6.92 Å². The first-order chi connectivity index (χ1) is 5.35. The van der Waals surface area contributed by atoms with E-state index in [1.165, 1.54) is 0 Å². The molecule has 3 nitrogen and oxygen atoms in total. The largest absolute Gasteiger partial charge is 0.371 e. The molecule has 0 heterocycles. The fourth-order valence-corrected chi connectivity index (χ4v) is 0.623. The molecule has 0 atom stereocenters. The minimum Gasteiger partial charge on any atom is -0.371 e. The van der Waals surface area contributed by atoms with Crippen molar-refractivity contribution >= 4 is 6.72 Å². The Kier molecular flexibility index (Phi) is 6.57. The van der Waals surface area contributed by atoms with E-state index in [-0.39, 0.29) is 6.79 Å². The monoisotopic (exact) mass is 155 g/mol. The molecular weight excluding hydrogens is 142 g/mol. The molecule has 0 bridgehead atoms. The zero-order chi connectivity index (χ0) is 8.53. The second-order valence-corrected chi connectivity index (χ2v) is 1.86. The van der Waals surface area contributed by atoms with Gasteiger partial charge in [-0.2, -0.15) is 0 Å². The van der Waals surface area contributed by atoms with Crippen molar-refractivity contribution in [2.24, 2.45) is 4.99 Å². The molecule has 11 heavy (non-hydrogen) atoms. The average molecular weight is 155 g/mol. The molecule has 62 valence electrons. The zero-order valence-corrected chi connectivity index (χ0v) is 6.66. The molecule has 0 aliphatic rings. The first kappa shape index (κ1) is 10.1. The predicted octanol–water partition coefficient (Wildman–Crippen LogP) is 1.11. The highest BCUT2D eigenvalue weighted by Gasteiger charge is 1.89. The van der Waals surface area contributed by atoms with Crippen LogP contribution in [0.4, 0.5) is 0 Å². The smallest absolute Gasteiger partial charge is 0.144 e. The van der Waals surface area contributed by atoms with Gasteiger partial charge in [0.05, 0.1) is 6.61 Å². The zero-order valence-electron chi connectivity index (χ0n) is 6.66. The van der Waals surface area contributed by atoms with Gasteiger partial charge in [0.2, 0.25) is 0 Å². The van der Waals surface area contributed by atoms with Gasteiger partial charge < -0.3 is 9.84 Å². The van der Waals surface area contributed by atoms with Crippen LogP contribution in [-0.2, 0) is 4.74 Å². The fourth-order valence-electron chi connectivity index (χ4n) is 0.623. The van der Waals surface area contributed by atoms with Crippen LogP contribution in [0.15, 0.2) is 28.9 Å². The summed E-state index contributed by atoms with van der Waals surface area (Å²) in [6, 6.07) is 0. The van der Waals surface area contributed by atoms with E-state index < -0.39 is 0 Å². The van der Waals surface area contributed by atoms with Crippen LogP contribution >= 0.6 is 0 Å². The highest BCUT2D eigenvalue weighted by atomic mass is 16.6. The van der Waals surface area contributed by atoms with Gasteiger partial charge in [0.25, 0.3) is 0 Å². The number of aliphatic imine (C=N–C) groups is 1. The number of aliphatic hydroxyl groups excluding tert-OH is 1. The fraction of sp³-hybridized carbons (Fsp3) is 0.375. The Morgan fingerprint density at radius 2 is 2.45 bits per heavy atom. The molecule has 0 aromatic rings. The topological polar surface area (TPSA) is 41.8 Å². The third-order valence-electron chi connectivity index (χ3n) is 0.998. The lowest BCUT2D eigenvalue weighted by atomic mass is 10.3. The molecule has 0 unspecified atom stereocenters. The molecule has 0 saturated carbocycles. The van der Waals surface area contributed by atoms with Gasteiger partial charge in [0, 0.05) is 6.20 Å². The Balaban J connectivity index is 3.89. The lowest BCUT2D eigenvalue weighted by Gasteiger charge is -1.98. The van der Waals surface area contributed by atoms with E-state index in [1.807, 2.05) is 19.1 Å². The summed E-state index contributed by atoms with van der Waals surface area (Å²) in [5.74, 6) is 0. The molecule has 1 N–H and O–H groups in total. The molecule has 0 spiro atoms. The second-order valence-electron chi connectivity index (χ2n) is 1.86. The third-order valence-corrected chi connectivity index (χ3v) is 0.998. The number of rotatable bonds is 5. The van der Waals surface area contributed by atoms with Crippen LogP contribution in [0.3, 0.4) is 0 Å². The maximum absolute atomic E-state index is 8.33. The van der Waals surface area contributed by atoms with E-state index >= 15 is 0 Å². The second kappa shape index (κ2) is 7.18. The number of allylic oxidation sites excluding steroid dienone is 1. The molecular formula is C8H13NO2.